The summed E-state index contributed by atoms with van der Waals surface area (Å²) in [7, 11) is -4.75. The van der Waals surface area contributed by atoms with E-state index in [1.165, 1.54) is 135 Å². The number of phosphoric ester groups is 1. The van der Waals surface area contributed by atoms with Crippen molar-refractivity contribution in [3.05, 3.63) is 24.3 Å². The molecule has 0 aliphatic carbocycles. The molecule has 0 aromatic carbocycles. The van der Waals surface area contributed by atoms with Crippen LogP contribution in [-0.2, 0) is 28.2 Å². The van der Waals surface area contributed by atoms with Crippen molar-refractivity contribution in [2.75, 3.05) is 13.2 Å². The molecule has 0 unspecified atom stereocenters. The number of hydrogen-bond acceptors (Lipinski definition) is 6. The maximum absolute atomic E-state index is 12.4. The van der Waals surface area contributed by atoms with Gasteiger partial charge in [-0.3, -0.25) is 14.1 Å². The zero-order valence-corrected chi connectivity index (χ0v) is 34.6. The van der Waals surface area contributed by atoms with Crippen molar-refractivity contribution in [1.82, 2.24) is 0 Å². The minimum atomic E-state index is -4.75. The maximum atomic E-state index is 12.4. The second-order valence-electron chi connectivity index (χ2n) is 14.7. The highest BCUT2D eigenvalue weighted by Gasteiger charge is 2.22. The highest BCUT2D eigenvalue weighted by molar-refractivity contribution is 7.46. The summed E-state index contributed by atoms with van der Waals surface area (Å²) in [6.45, 7) is 3.68. The number of hydrogen-bond donors (Lipinski definition) is 2. The third kappa shape index (κ3) is 41.3. The van der Waals surface area contributed by atoms with E-state index in [2.05, 4.69) is 42.7 Å². The van der Waals surface area contributed by atoms with Gasteiger partial charge in [0.2, 0.25) is 0 Å². The zero-order chi connectivity index (χ0) is 38.2. The monoisotopic (exact) mass is 757 g/mol. The predicted octanol–water partition coefficient (Wildman–Crippen LogP) is 13.2. The average Bonchev–Trinajstić information content (AvgIpc) is 3.11. The molecule has 0 bridgehead atoms. The lowest BCUT2D eigenvalue weighted by Crippen LogP contribution is -2.29. The van der Waals surface area contributed by atoms with Crippen LogP contribution in [0.4, 0.5) is 0 Å². The first kappa shape index (κ1) is 50.5. The smallest absolute Gasteiger partial charge is 0.462 e. The molecular formula is C43H81O8P. The molecule has 0 aliphatic rings. The van der Waals surface area contributed by atoms with Gasteiger partial charge in [0.05, 0.1) is 6.61 Å². The molecule has 0 aliphatic heterocycles. The van der Waals surface area contributed by atoms with Gasteiger partial charge in [0, 0.05) is 12.8 Å². The lowest BCUT2D eigenvalue weighted by molar-refractivity contribution is -0.161. The van der Waals surface area contributed by atoms with Gasteiger partial charge in [-0.15, -0.1) is 0 Å². The summed E-state index contributed by atoms with van der Waals surface area (Å²) in [5.41, 5.74) is 0. The van der Waals surface area contributed by atoms with Gasteiger partial charge in [-0.25, -0.2) is 4.57 Å². The number of allylic oxidation sites excluding steroid dienone is 4. The van der Waals surface area contributed by atoms with Crippen molar-refractivity contribution in [3.63, 3.8) is 0 Å². The second-order valence-corrected chi connectivity index (χ2v) is 15.9. The van der Waals surface area contributed by atoms with Gasteiger partial charge < -0.3 is 19.3 Å². The van der Waals surface area contributed by atoms with Gasteiger partial charge >= 0.3 is 19.8 Å². The normalized spacial score (nSPS) is 12.6. The number of esters is 2. The van der Waals surface area contributed by atoms with Gasteiger partial charge in [-0.05, 0) is 64.2 Å². The predicted molar refractivity (Wildman–Crippen MR) is 216 cm³/mol. The van der Waals surface area contributed by atoms with Gasteiger partial charge in [0.15, 0.2) is 6.10 Å². The van der Waals surface area contributed by atoms with E-state index in [4.69, 9.17) is 19.3 Å². The van der Waals surface area contributed by atoms with E-state index in [9.17, 15) is 14.2 Å². The van der Waals surface area contributed by atoms with E-state index in [-0.39, 0.29) is 19.4 Å². The largest absolute Gasteiger partial charge is 0.469 e. The number of rotatable bonds is 40. The van der Waals surface area contributed by atoms with E-state index >= 15 is 0 Å². The average molecular weight is 757 g/mol. The number of ether oxygens (including phenoxy) is 2. The molecule has 0 amide bonds. The molecular weight excluding hydrogens is 675 g/mol. The Morgan fingerprint density at radius 1 is 0.481 bits per heavy atom. The van der Waals surface area contributed by atoms with E-state index in [0.717, 1.165) is 51.4 Å². The summed E-state index contributed by atoms with van der Waals surface area (Å²) in [5.74, 6) is -0.885. The minimum Gasteiger partial charge on any atom is -0.462 e. The number of phosphoric acid groups is 1. The summed E-state index contributed by atoms with van der Waals surface area (Å²) in [6.07, 6.45) is 44.6. The molecule has 0 saturated carbocycles. The van der Waals surface area contributed by atoms with Crippen LogP contribution in [0.2, 0.25) is 0 Å². The van der Waals surface area contributed by atoms with Gasteiger partial charge in [0.1, 0.15) is 6.61 Å². The summed E-state index contributed by atoms with van der Waals surface area (Å²) in [6, 6.07) is 0. The topological polar surface area (TPSA) is 119 Å². The van der Waals surface area contributed by atoms with Crippen molar-refractivity contribution in [2.45, 2.75) is 225 Å². The highest BCUT2D eigenvalue weighted by atomic mass is 31.2. The highest BCUT2D eigenvalue weighted by Crippen LogP contribution is 2.36. The van der Waals surface area contributed by atoms with Gasteiger partial charge in [0.25, 0.3) is 0 Å². The Morgan fingerprint density at radius 3 is 1.19 bits per heavy atom. The first-order chi connectivity index (χ1) is 25.3. The lowest BCUT2D eigenvalue weighted by Gasteiger charge is -2.18. The van der Waals surface area contributed by atoms with Crippen LogP contribution in [0.25, 0.3) is 0 Å². The van der Waals surface area contributed by atoms with Crippen LogP contribution >= 0.6 is 7.82 Å². The Labute approximate surface area is 319 Å². The first-order valence-corrected chi connectivity index (χ1v) is 23.2. The molecule has 0 aromatic heterocycles. The van der Waals surface area contributed by atoms with Crippen LogP contribution in [0.3, 0.4) is 0 Å². The molecule has 0 heterocycles. The Balaban J connectivity index is 3.89. The number of carbonyl (C=O) groups is 2. The minimum absolute atomic E-state index is 0.211. The summed E-state index contributed by atoms with van der Waals surface area (Å²) < 4.78 is 26.4. The fraction of sp³-hybridized carbons (Fsp3) is 0.860. The number of unbranched alkanes of at least 4 members (excludes halogenated alkanes) is 26. The first-order valence-electron chi connectivity index (χ1n) is 21.6. The van der Waals surface area contributed by atoms with Crippen molar-refractivity contribution in [2.24, 2.45) is 0 Å². The quantitative estimate of drug-likeness (QED) is 0.0274. The Bertz CT molecular complexity index is 900. The zero-order valence-electron chi connectivity index (χ0n) is 33.7. The van der Waals surface area contributed by atoms with E-state index in [0.29, 0.717) is 6.42 Å². The molecule has 52 heavy (non-hydrogen) atoms. The molecule has 1 atom stereocenters. The molecule has 8 nitrogen and oxygen atoms in total. The second kappa shape index (κ2) is 39.2. The van der Waals surface area contributed by atoms with Crippen LogP contribution in [-0.4, -0.2) is 41.0 Å². The fourth-order valence-electron chi connectivity index (χ4n) is 6.19. The molecule has 0 radical (unpaired) electrons. The molecule has 0 rings (SSSR count). The standard InChI is InChI=1S/C43H81O8P/c1-3-5-7-9-11-13-15-17-19-21-23-25-27-29-31-33-35-37-42(44)49-39-41(40-50-52(46,47)48)51-43(45)38-36-34-32-30-28-26-24-22-20-18-16-14-12-10-8-6-4-2/h14,16-17,19,41H,3-13,15,18,20-40H2,1-2H3,(H2,46,47,48)/b16-14+,19-17+/t41-/m1/s1. The van der Waals surface area contributed by atoms with Crippen molar-refractivity contribution >= 4 is 19.8 Å². The van der Waals surface area contributed by atoms with Crippen LogP contribution in [0.1, 0.15) is 219 Å². The van der Waals surface area contributed by atoms with Gasteiger partial charge in [-0.2, -0.15) is 0 Å². The summed E-state index contributed by atoms with van der Waals surface area (Å²) in [4.78, 5) is 42.9. The third-order valence-corrected chi connectivity index (χ3v) is 9.93. The van der Waals surface area contributed by atoms with Gasteiger partial charge in [-0.1, -0.05) is 167 Å². The maximum Gasteiger partial charge on any atom is 0.469 e. The molecule has 0 fully saturated rings. The molecule has 9 heteroatoms. The number of carbonyl (C=O) groups excluding carboxylic acids is 2. The van der Waals surface area contributed by atoms with E-state index in [1.54, 1.807) is 0 Å². The van der Waals surface area contributed by atoms with Crippen LogP contribution in [0.15, 0.2) is 24.3 Å². The van der Waals surface area contributed by atoms with E-state index < -0.39 is 32.5 Å². The summed E-state index contributed by atoms with van der Waals surface area (Å²) in [5, 5.41) is 0. The SMILES string of the molecule is CCCCCC/C=C/CCCCCCCCCCCC(=O)O[C@H](COC(=O)CCCCCCCCC/C=C/CCCCCCCC)COP(=O)(O)O. The molecule has 2 N–H and O–H groups in total. The lowest BCUT2D eigenvalue weighted by atomic mass is 10.1. The third-order valence-electron chi connectivity index (χ3n) is 9.44. The van der Waals surface area contributed by atoms with Crippen molar-refractivity contribution < 1.29 is 37.9 Å². The molecule has 306 valence electrons. The Morgan fingerprint density at radius 2 is 0.808 bits per heavy atom. The molecule has 0 aromatic rings. The molecule has 0 saturated heterocycles. The van der Waals surface area contributed by atoms with Crippen LogP contribution in [0.5, 0.6) is 0 Å². The Hall–Kier alpha value is -1.47. The fourth-order valence-corrected chi connectivity index (χ4v) is 6.55. The van der Waals surface area contributed by atoms with Crippen molar-refractivity contribution in [3.8, 4) is 0 Å². The van der Waals surface area contributed by atoms with Crippen molar-refractivity contribution in [1.29, 1.82) is 0 Å². The Kier molecular flexibility index (Phi) is 38.1. The molecule has 0 spiro atoms. The van der Waals surface area contributed by atoms with Crippen LogP contribution < -0.4 is 0 Å². The summed E-state index contributed by atoms with van der Waals surface area (Å²) >= 11 is 0. The van der Waals surface area contributed by atoms with Crippen LogP contribution in [0, 0.1) is 0 Å². The van der Waals surface area contributed by atoms with E-state index in [1.807, 2.05) is 0 Å².